The molecule has 6 heteroatoms. The first-order valence-electron chi connectivity index (χ1n) is 10.9. The molecule has 5 rings (SSSR count). The standard InChI is InChI=1S/C26H24N2O3S/c29-24(27-22-12-5-8-17-7-1-2-10-19(17)22)16-28-14-6-9-18(28)15-21-20-11-3-4-13-23(20)32-25(21)26(30)31/h1-5,7-8,10-13,18H,6,9,14-16H2,(H,27,29)(H,30,31). The lowest BCUT2D eigenvalue weighted by atomic mass is 10.0. The number of rotatable bonds is 6. The Hall–Kier alpha value is -3.22. The highest BCUT2D eigenvalue weighted by molar-refractivity contribution is 7.21. The van der Waals surface area contributed by atoms with Gasteiger partial charge in [-0.15, -0.1) is 11.3 Å². The maximum atomic E-state index is 12.9. The van der Waals surface area contributed by atoms with Gasteiger partial charge in [0.15, 0.2) is 0 Å². The van der Waals surface area contributed by atoms with E-state index in [0.717, 1.165) is 51.5 Å². The van der Waals surface area contributed by atoms with Gasteiger partial charge in [-0.2, -0.15) is 0 Å². The second kappa shape index (κ2) is 8.73. The highest BCUT2D eigenvalue weighted by Gasteiger charge is 2.29. The van der Waals surface area contributed by atoms with E-state index in [1.54, 1.807) is 0 Å². The number of hydrogen-bond donors (Lipinski definition) is 2. The lowest BCUT2D eigenvalue weighted by molar-refractivity contribution is -0.117. The van der Waals surface area contributed by atoms with Crippen LogP contribution < -0.4 is 5.32 Å². The zero-order valence-electron chi connectivity index (χ0n) is 17.6. The number of carboxylic acid groups (broad SMARTS) is 1. The van der Waals surface area contributed by atoms with Crippen LogP contribution in [0.1, 0.15) is 28.1 Å². The largest absolute Gasteiger partial charge is 0.477 e. The van der Waals surface area contributed by atoms with Crippen molar-refractivity contribution in [3.8, 4) is 0 Å². The van der Waals surface area contributed by atoms with E-state index in [2.05, 4.69) is 10.2 Å². The molecule has 1 unspecified atom stereocenters. The van der Waals surface area contributed by atoms with Gasteiger partial charge < -0.3 is 10.4 Å². The maximum absolute atomic E-state index is 12.9. The Labute approximate surface area is 190 Å². The Balaban J connectivity index is 1.33. The summed E-state index contributed by atoms with van der Waals surface area (Å²) in [6, 6.07) is 21.9. The molecule has 3 aromatic carbocycles. The van der Waals surface area contributed by atoms with Crippen LogP contribution in [0.15, 0.2) is 66.7 Å². The zero-order chi connectivity index (χ0) is 22.1. The summed E-state index contributed by atoms with van der Waals surface area (Å²) in [6.45, 7) is 1.15. The summed E-state index contributed by atoms with van der Waals surface area (Å²) in [5.74, 6) is -0.915. The molecule has 0 bridgehead atoms. The van der Waals surface area contributed by atoms with Crippen LogP contribution in [-0.4, -0.2) is 41.0 Å². The van der Waals surface area contributed by atoms with Crippen molar-refractivity contribution >= 4 is 49.8 Å². The fraction of sp³-hybridized carbons (Fsp3) is 0.231. The van der Waals surface area contributed by atoms with Gasteiger partial charge in [0.25, 0.3) is 0 Å². The molecule has 1 saturated heterocycles. The van der Waals surface area contributed by atoms with Gasteiger partial charge in [-0.05, 0) is 54.3 Å². The third-order valence-electron chi connectivity index (χ3n) is 6.24. The molecule has 1 fully saturated rings. The number of thiophene rings is 1. The molecule has 32 heavy (non-hydrogen) atoms. The molecule has 1 aromatic heterocycles. The highest BCUT2D eigenvalue weighted by Crippen LogP contribution is 2.34. The first-order valence-corrected chi connectivity index (χ1v) is 11.7. The minimum absolute atomic E-state index is 0.0399. The maximum Gasteiger partial charge on any atom is 0.346 e. The first-order chi connectivity index (χ1) is 15.6. The van der Waals surface area contributed by atoms with Crippen molar-refractivity contribution in [1.29, 1.82) is 0 Å². The fourth-order valence-electron chi connectivity index (χ4n) is 4.75. The summed E-state index contributed by atoms with van der Waals surface area (Å²) >= 11 is 1.34. The Morgan fingerprint density at radius 2 is 1.75 bits per heavy atom. The fourth-order valence-corrected chi connectivity index (χ4v) is 5.82. The van der Waals surface area contributed by atoms with Crippen molar-refractivity contribution < 1.29 is 14.7 Å². The number of fused-ring (bicyclic) bond motifs is 2. The van der Waals surface area contributed by atoms with Gasteiger partial charge in [0.2, 0.25) is 5.91 Å². The molecule has 2 heterocycles. The molecule has 0 radical (unpaired) electrons. The molecule has 2 N–H and O–H groups in total. The van der Waals surface area contributed by atoms with E-state index in [1.807, 2.05) is 66.7 Å². The number of carbonyl (C=O) groups is 2. The summed E-state index contributed by atoms with van der Waals surface area (Å²) < 4.78 is 0.998. The number of carbonyl (C=O) groups excluding carboxylic acids is 1. The average molecular weight is 445 g/mol. The molecule has 0 aliphatic carbocycles. The lowest BCUT2D eigenvalue weighted by Crippen LogP contribution is -2.38. The lowest BCUT2D eigenvalue weighted by Gasteiger charge is -2.24. The van der Waals surface area contributed by atoms with E-state index in [4.69, 9.17) is 0 Å². The Kier molecular flexibility index (Phi) is 5.64. The van der Waals surface area contributed by atoms with Crippen LogP contribution in [0.5, 0.6) is 0 Å². The van der Waals surface area contributed by atoms with Crippen LogP contribution in [0.25, 0.3) is 20.9 Å². The number of amides is 1. The second-order valence-electron chi connectivity index (χ2n) is 8.26. The van der Waals surface area contributed by atoms with Gasteiger partial charge in [-0.25, -0.2) is 4.79 Å². The third-order valence-corrected chi connectivity index (χ3v) is 7.44. The van der Waals surface area contributed by atoms with Gasteiger partial charge in [-0.3, -0.25) is 9.69 Å². The average Bonchev–Trinajstić information content (AvgIpc) is 3.39. The minimum atomic E-state index is -0.876. The highest BCUT2D eigenvalue weighted by atomic mass is 32.1. The molecule has 0 spiro atoms. The number of hydrogen-bond acceptors (Lipinski definition) is 4. The number of anilines is 1. The molecular formula is C26H24N2O3S. The quantitative estimate of drug-likeness (QED) is 0.418. The molecule has 1 aliphatic rings. The first kappa shape index (κ1) is 20.7. The zero-order valence-corrected chi connectivity index (χ0v) is 18.4. The Bertz CT molecular complexity index is 1310. The monoisotopic (exact) mass is 444 g/mol. The molecule has 4 aromatic rings. The van der Waals surface area contributed by atoms with E-state index in [1.165, 1.54) is 11.3 Å². The van der Waals surface area contributed by atoms with Crippen molar-refractivity contribution in [3.05, 3.63) is 77.2 Å². The molecule has 162 valence electrons. The number of nitrogens with one attached hydrogen (secondary N) is 1. The molecular weight excluding hydrogens is 420 g/mol. The molecule has 0 saturated carbocycles. The molecule has 1 aliphatic heterocycles. The van der Waals surface area contributed by atoms with E-state index in [9.17, 15) is 14.7 Å². The van der Waals surface area contributed by atoms with Crippen LogP contribution in [0, 0.1) is 0 Å². The van der Waals surface area contributed by atoms with Gasteiger partial charge in [0, 0.05) is 21.8 Å². The molecule has 5 nitrogen and oxygen atoms in total. The van der Waals surface area contributed by atoms with E-state index in [-0.39, 0.29) is 11.9 Å². The SMILES string of the molecule is O=C(CN1CCCC1Cc1c(C(=O)O)sc2ccccc12)Nc1cccc2ccccc12. The van der Waals surface area contributed by atoms with E-state index >= 15 is 0 Å². The van der Waals surface area contributed by atoms with Gasteiger partial charge in [0.05, 0.1) is 6.54 Å². The molecule has 1 amide bonds. The van der Waals surface area contributed by atoms with Crippen molar-refractivity contribution in [1.82, 2.24) is 4.90 Å². The number of likely N-dealkylation sites (tertiary alicyclic amines) is 1. The van der Waals surface area contributed by atoms with Gasteiger partial charge in [-0.1, -0.05) is 54.6 Å². The van der Waals surface area contributed by atoms with Crippen LogP contribution in [0.4, 0.5) is 5.69 Å². The van der Waals surface area contributed by atoms with Gasteiger partial charge >= 0.3 is 5.97 Å². The summed E-state index contributed by atoms with van der Waals surface area (Å²) in [5.41, 5.74) is 1.71. The van der Waals surface area contributed by atoms with Crippen molar-refractivity contribution in [3.63, 3.8) is 0 Å². The number of benzene rings is 3. The van der Waals surface area contributed by atoms with Crippen LogP contribution in [-0.2, 0) is 11.2 Å². The van der Waals surface area contributed by atoms with E-state index < -0.39 is 5.97 Å². The summed E-state index contributed by atoms with van der Waals surface area (Å²) in [4.78, 5) is 27.4. The smallest absolute Gasteiger partial charge is 0.346 e. The van der Waals surface area contributed by atoms with Crippen LogP contribution in [0.2, 0.25) is 0 Å². The summed E-state index contributed by atoms with van der Waals surface area (Å²) in [6.07, 6.45) is 2.62. The van der Waals surface area contributed by atoms with Crippen LogP contribution >= 0.6 is 11.3 Å². The van der Waals surface area contributed by atoms with Gasteiger partial charge in [0.1, 0.15) is 4.88 Å². The van der Waals surface area contributed by atoms with Crippen LogP contribution in [0.3, 0.4) is 0 Å². The number of carboxylic acids is 1. The summed E-state index contributed by atoms with van der Waals surface area (Å²) in [5, 5.41) is 15.9. The summed E-state index contributed by atoms with van der Waals surface area (Å²) in [7, 11) is 0. The Morgan fingerprint density at radius 3 is 2.59 bits per heavy atom. The van der Waals surface area contributed by atoms with Crippen molar-refractivity contribution in [2.24, 2.45) is 0 Å². The number of nitrogens with zero attached hydrogens (tertiary/aromatic N) is 1. The van der Waals surface area contributed by atoms with Crippen molar-refractivity contribution in [2.75, 3.05) is 18.4 Å². The van der Waals surface area contributed by atoms with E-state index in [0.29, 0.717) is 17.8 Å². The third kappa shape index (κ3) is 3.99. The normalized spacial score (nSPS) is 16.6. The minimum Gasteiger partial charge on any atom is -0.477 e. The second-order valence-corrected chi connectivity index (χ2v) is 9.31. The molecule has 1 atom stereocenters. The number of aromatic carboxylic acids is 1. The predicted molar refractivity (Wildman–Crippen MR) is 130 cm³/mol. The predicted octanol–water partition coefficient (Wildman–Crippen LogP) is 5.40. The van der Waals surface area contributed by atoms with Crippen molar-refractivity contribution in [2.45, 2.75) is 25.3 Å². The Morgan fingerprint density at radius 1 is 1.00 bits per heavy atom. The topological polar surface area (TPSA) is 69.6 Å².